The maximum Gasteiger partial charge on any atom is 0.387 e. The predicted molar refractivity (Wildman–Crippen MR) is 99.5 cm³/mol. The van der Waals surface area contributed by atoms with Crippen LogP contribution < -0.4 is 15.4 Å². The van der Waals surface area contributed by atoms with Crippen LogP contribution in [0.15, 0.2) is 24.3 Å². The number of rotatable bonds is 9. The molecule has 1 aromatic heterocycles. The summed E-state index contributed by atoms with van der Waals surface area (Å²) in [4.78, 5) is 17.2. The molecule has 0 spiro atoms. The van der Waals surface area contributed by atoms with Crippen LogP contribution in [0.25, 0.3) is 11.3 Å². The molecular formula is C16H20ClF2N3O3S. The van der Waals surface area contributed by atoms with E-state index in [-0.39, 0.29) is 30.6 Å². The van der Waals surface area contributed by atoms with Crippen LogP contribution in [0.3, 0.4) is 0 Å². The van der Waals surface area contributed by atoms with E-state index in [1.807, 2.05) is 6.92 Å². The number of thiazole rings is 1. The summed E-state index contributed by atoms with van der Waals surface area (Å²) in [6.45, 7) is 0.296. The van der Waals surface area contributed by atoms with E-state index in [9.17, 15) is 13.6 Å². The van der Waals surface area contributed by atoms with Crippen LogP contribution in [0, 0.1) is 6.92 Å². The van der Waals surface area contributed by atoms with Crippen LogP contribution >= 0.6 is 23.7 Å². The molecule has 26 heavy (non-hydrogen) atoms. The van der Waals surface area contributed by atoms with Crippen molar-refractivity contribution in [1.82, 2.24) is 10.3 Å². The Bertz CT molecular complexity index is 699. The third-order valence-electron chi connectivity index (χ3n) is 3.16. The van der Waals surface area contributed by atoms with Gasteiger partial charge in [0.2, 0.25) is 5.91 Å². The van der Waals surface area contributed by atoms with Gasteiger partial charge in [0.1, 0.15) is 5.75 Å². The summed E-state index contributed by atoms with van der Waals surface area (Å²) in [6, 6.07) is 6.21. The lowest BCUT2D eigenvalue weighted by atomic mass is 10.1. The van der Waals surface area contributed by atoms with Gasteiger partial charge < -0.3 is 20.1 Å². The first-order valence-electron chi connectivity index (χ1n) is 7.51. The number of amides is 1. The van der Waals surface area contributed by atoms with E-state index in [2.05, 4.69) is 20.4 Å². The van der Waals surface area contributed by atoms with Crippen molar-refractivity contribution in [1.29, 1.82) is 0 Å². The second kappa shape index (κ2) is 11.0. The minimum atomic E-state index is -2.86. The maximum absolute atomic E-state index is 12.2. The average molecular weight is 408 g/mol. The molecule has 0 aliphatic rings. The van der Waals surface area contributed by atoms with Gasteiger partial charge in [-0.15, -0.1) is 23.7 Å². The number of carbonyl (C=O) groups excluding carboxylic acids is 1. The van der Waals surface area contributed by atoms with Gasteiger partial charge in [0.05, 0.1) is 18.8 Å². The number of carbonyl (C=O) groups is 1. The smallest absolute Gasteiger partial charge is 0.387 e. The summed E-state index contributed by atoms with van der Waals surface area (Å²) in [6.07, 6.45) is 0. The van der Waals surface area contributed by atoms with Crippen molar-refractivity contribution in [2.75, 3.05) is 32.1 Å². The van der Waals surface area contributed by atoms with E-state index in [0.29, 0.717) is 24.0 Å². The summed E-state index contributed by atoms with van der Waals surface area (Å²) in [5, 5.41) is 6.16. The molecule has 0 aliphatic carbocycles. The number of hydrogen-bond acceptors (Lipinski definition) is 6. The molecule has 2 aromatic rings. The second-order valence-corrected chi connectivity index (χ2v) is 6.25. The van der Waals surface area contributed by atoms with E-state index in [1.165, 1.54) is 23.5 Å². The lowest BCUT2D eigenvalue weighted by Crippen LogP contribution is -2.30. The lowest BCUT2D eigenvalue weighted by Gasteiger charge is -2.05. The highest BCUT2D eigenvalue weighted by molar-refractivity contribution is 7.16. The van der Waals surface area contributed by atoms with Crippen LogP contribution in [0.1, 0.15) is 4.88 Å². The molecule has 0 aliphatic heterocycles. The molecule has 0 radical (unpaired) electrons. The minimum Gasteiger partial charge on any atom is -0.435 e. The normalized spacial score (nSPS) is 10.5. The van der Waals surface area contributed by atoms with Gasteiger partial charge in [-0.05, 0) is 31.2 Å². The molecule has 0 saturated carbocycles. The fraction of sp³-hybridized carbons (Fsp3) is 0.375. The van der Waals surface area contributed by atoms with E-state index in [1.54, 1.807) is 19.2 Å². The molecule has 0 fully saturated rings. The zero-order chi connectivity index (χ0) is 18.2. The molecule has 2 N–H and O–H groups in total. The van der Waals surface area contributed by atoms with Crippen molar-refractivity contribution in [3.8, 4) is 17.0 Å². The molecule has 0 saturated heterocycles. The van der Waals surface area contributed by atoms with Crippen molar-refractivity contribution in [2.24, 2.45) is 0 Å². The summed E-state index contributed by atoms with van der Waals surface area (Å²) >= 11 is 1.35. The first-order chi connectivity index (χ1) is 12.0. The molecule has 0 unspecified atom stereocenters. The van der Waals surface area contributed by atoms with Crippen molar-refractivity contribution >= 4 is 34.8 Å². The Balaban J connectivity index is 0.00000338. The number of benzene rings is 1. The van der Waals surface area contributed by atoms with Crippen molar-refractivity contribution in [3.63, 3.8) is 0 Å². The molecule has 10 heteroatoms. The molecule has 6 nitrogen and oxygen atoms in total. The minimum absolute atomic E-state index is 0. The monoisotopic (exact) mass is 407 g/mol. The zero-order valence-electron chi connectivity index (χ0n) is 14.3. The standard InChI is InChI=1S/C16H19F2N3O3S.ClH/c1-10-14(11-3-5-12(6-4-11)24-15(17)18)21-16(25-10)20-13(22)9-19-7-8-23-2;/h3-6,15,19H,7-9H2,1-2H3,(H,20,21,22);1H. The molecule has 1 heterocycles. The number of halogens is 3. The number of aryl methyl sites for hydroxylation is 1. The first kappa shape index (κ1) is 22.2. The first-order valence-corrected chi connectivity index (χ1v) is 8.33. The fourth-order valence-corrected chi connectivity index (χ4v) is 2.90. The number of anilines is 1. The fourth-order valence-electron chi connectivity index (χ4n) is 2.05. The van der Waals surface area contributed by atoms with Gasteiger partial charge >= 0.3 is 6.61 Å². The Morgan fingerprint density at radius 3 is 2.62 bits per heavy atom. The number of alkyl halides is 2. The number of nitrogens with zero attached hydrogens (tertiary/aromatic N) is 1. The Morgan fingerprint density at radius 1 is 1.31 bits per heavy atom. The van der Waals surface area contributed by atoms with Crippen LogP contribution in [0.2, 0.25) is 0 Å². The third kappa shape index (κ3) is 6.83. The number of methoxy groups -OCH3 is 1. The van der Waals surface area contributed by atoms with Gasteiger partial charge in [-0.1, -0.05) is 0 Å². The molecule has 0 bridgehead atoms. The summed E-state index contributed by atoms with van der Waals surface area (Å²) < 4.78 is 33.6. The largest absolute Gasteiger partial charge is 0.435 e. The van der Waals surface area contributed by atoms with Gasteiger partial charge in [-0.3, -0.25) is 4.79 Å². The highest BCUT2D eigenvalue weighted by Crippen LogP contribution is 2.31. The molecule has 2 rings (SSSR count). The van der Waals surface area contributed by atoms with Crippen molar-refractivity contribution in [3.05, 3.63) is 29.1 Å². The Morgan fingerprint density at radius 2 is 2.00 bits per heavy atom. The van der Waals surface area contributed by atoms with Crippen molar-refractivity contribution < 1.29 is 23.0 Å². The number of nitrogens with one attached hydrogen (secondary N) is 2. The summed E-state index contributed by atoms with van der Waals surface area (Å²) in [5.74, 6) is -0.112. The number of aromatic nitrogens is 1. The van der Waals surface area contributed by atoms with Gasteiger partial charge in [-0.25, -0.2) is 4.98 Å². The Labute approximate surface area is 160 Å². The third-order valence-corrected chi connectivity index (χ3v) is 4.05. The van der Waals surface area contributed by atoms with Crippen LogP contribution in [-0.4, -0.2) is 44.3 Å². The molecule has 1 aromatic carbocycles. The maximum atomic E-state index is 12.2. The van der Waals surface area contributed by atoms with E-state index in [4.69, 9.17) is 4.74 Å². The lowest BCUT2D eigenvalue weighted by molar-refractivity contribution is -0.115. The van der Waals surface area contributed by atoms with Gasteiger partial charge in [-0.2, -0.15) is 8.78 Å². The van der Waals surface area contributed by atoms with Crippen LogP contribution in [-0.2, 0) is 9.53 Å². The van der Waals surface area contributed by atoms with E-state index < -0.39 is 6.61 Å². The summed E-state index contributed by atoms with van der Waals surface area (Å²) in [5.41, 5.74) is 1.45. The van der Waals surface area contributed by atoms with Crippen molar-refractivity contribution in [2.45, 2.75) is 13.5 Å². The molecule has 144 valence electrons. The highest BCUT2D eigenvalue weighted by Gasteiger charge is 2.12. The quantitative estimate of drug-likeness (QED) is 0.624. The highest BCUT2D eigenvalue weighted by atomic mass is 35.5. The number of ether oxygens (including phenoxy) is 2. The van der Waals surface area contributed by atoms with E-state index >= 15 is 0 Å². The van der Waals surface area contributed by atoms with E-state index in [0.717, 1.165) is 10.4 Å². The van der Waals surface area contributed by atoms with Gasteiger partial charge in [0.25, 0.3) is 0 Å². The topological polar surface area (TPSA) is 72.5 Å². The van der Waals surface area contributed by atoms with Crippen LogP contribution in [0.5, 0.6) is 5.75 Å². The van der Waals surface area contributed by atoms with Gasteiger partial charge in [0.15, 0.2) is 5.13 Å². The molecule has 1 amide bonds. The average Bonchev–Trinajstić information content (AvgIpc) is 2.92. The zero-order valence-corrected chi connectivity index (χ0v) is 15.9. The molecule has 0 atom stereocenters. The Kier molecular flexibility index (Phi) is 9.42. The SMILES string of the molecule is COCCNCC(=O)Nc1nc(-c2ccc(OC(F)F)cc2)c(C)s1.Cl. The van der Waals surface area contributed by atoms with Crippen LogP contribution in [0.4, 0.5) is 13.9 Å². The Hall–Kier alpha value is -1.81. The molecular weight excluding hydrogens is 388 g/mol. The second-order valence-electron chi connectivity index (χ2n) is 5.04. The number of hydrogen-bond donors (Lipinski definition) is 2. The van der Waals surface area contributed by atoms with Gasteiger partial charge in [0, 0.05) is 24.1 Å². The summed E-state index contributed by atoms with van der Waals surface area (Å²) in [7, 11) is 1.59. The predicted octanol–water partition coefficient (Wildman–Crippen LogP) is 3.32.